The molecule has 0 radical (unpaired) electrons. The zero-order chi connectivity index (χ0) is 33.2. The van der Waals surface area contributed by atoms with Gasteiger partial charge in [0.05, 0.1) is 40.8 Å². The Morgan fingerprint density at radius 2 is 1.70 bits per heavy atom. The molecule has 2 fully saturated rings. The van der Waals surface area contributed by atoms with Crippen LogP contribution in [-0.4, -0.2) is 75.0 Å². The molecule has 0 saturated carbocycles. The molecule has 46 heavy (non-hydrogen) atoms. The van der Waals surface area contributed by atoms with E-state index in [1.807, 2.05) is 19.1 Å². The molecule has 0 aliphatic carbocycles. The summed E-state index contributed by atoms with van der Waals surface area (Å²) in [4.78, 5) is 13.5. The molecule has 2 aliphatic heterocycles. The van der Waals surface area contributed by atoms with Crippen molar-refractivity contribution in [1.29, 1.82) is 0 Å². The lowest BCUT2D eigenvalue weighted by molar-refractivity contribution is -0.186. The Labute approximate surface area is 280 Å². The maximum absolute atomic E-state index is 13.1. The molecule has 2 saturated heterocycles. The largest absolute Gasteiger partial charge is 0.494 e. The topological polar surface area (TPSA) is 112 Å². The van der Waals surface area contributed by atoms with E-state index in [1.54, 1.807) is 31.5 Å². The van der Waals surface area contributed by atoms with Gasteiger partial charge in [-0.1, -0.05) is 11.6 Å². The molecule has 0 unspecified atom stereocenters. The molecule has 250 valence electrons. The molecule has 3 aromatic rings. The lowest BCUT2D eigenvalue weighted by Gasteiger charge is -2.43. The summed E-state index contributed by atoms with van der Waals surface area (Å²) in [5, 5.41) is 6.75. The van der Waals surface area contributed by atoms with Gasteiger partial charge in [0.15, 0.2) is 0 Å². The van der Waals surface area contributed by atoms with E-state index in [9.17, 15) is 21.6 Å². The molecule has 5 rings (SSSR count). The quantitative estimate of drug-likeness (QED) is 0.208. The van der Waals surface area contributed by atoms with E-state index in [2.05, 4.69) is 51.1 Å². The number of benzene rings is 2. The third kappa shape index (κ3) is 8.47. The normalized spacial score (nSPS) is 17.2. The maximum atomic E-state index is 13.1. The van der Waals surface area contributed by atoms with Crippen LogP contribution in [0.5, 0.6) is 5.75 Å². The second-order valence-corrected chi connectivity index (χ2v) is 14.7. The van der Waals surface area contributed by atoms with Crippen LogP contribution >= 0.6 is 27.5 Å². The number of nitrogens with zero attached hydrogens (tertiary/aromatic N) is 4. The summed E-state index contributed by atoms with van der Waals surface area (Å²) in [7, 11) is -1.96. The van der Waals surface area contributed by atoms with Crippen molar-refractivity contribution in [2.45, 2.75) is 44.8 Å². The fourth-order valence-electron chi connectivity index (χ4n) is 6.02. The van der Waals surface area contributed by atoms with Gasteiger partial charge >= 0.3 is 6.18 Å². The highest BCUT2D eigenvalue weighted by atomic mass is 79.9. The Morgan fingerprint density at radius 3 is 2.33 bits per heavy atom. The first kappa shape index (κ1) is 34.3. The van der Waals surface area contributed by atoms with E-state index in [4.69, 9.17) is 16.3 Å². The second kappa shape index (κ2) is 14.0. The second-order valence-electron chi connectivity index (χ2n) is 11.6. The summed E-state index contributed by atoms with van der Waals surface area (Å²) in [5.74, 6) is 0.0456. The first-order valence-corrected chi connectivity index (χ1v) is 17.8. The molecule has 10 nitrogen and oxygen atoms in total. The van der Waals surface area contributed by atoms with Gasteiger partial charge in [0.1, 0.15) is 11.6 Å². The van der Waals surface area contributed by atoms with Crippen LogP contribution in [0.25, 0.3) is 0 Å². The van der Waals surface area contributed by atoms with E-state index in [0.29, 0.717) is 51.2 Å². The third-order valence-electron chi connectivity index (χ3n) is 8.35. The molecule has 0 bridgehead atoms. The number of aryl methyl sites for hydroxylation is 1. The number of hydrogen-bond donors (Lipinski definition) is 3. The Hall–Kier alpha value is -3.01. The number of aromatic nitrogens is 2. The fraction of sp³-hybridized carbons (Fsp3) is 0.467. The average molecular weight is 747 g/mol. The smallest absolute Gasteiger partial charge is 0.391 e. The number of piperidine rings is 2. The van der Waals surface area contributed by atoms with Gasteiger partial charge in [-0.3, -0.25) is 4.72 Å². The monoisotopic (exact) mass is 745 g/mol. The van der Waals surface area contributed by atoms with Crippen LogP contribution in [0.15, 0.2) is 41.0 Å². The minimum Gasteiger partial charge on any atom is -0.494 e. The molecule has 0 spiro atoms. The van der Waals surface area contributed by atoms with Gasteiger partial charge in [0.2, 0.25) is 16.0 Å². The van der Waals surface area contributed by atoms with Crippen molar-refractivity contribution >= 4 is 72.1 Å². The number of hydrogen-bond acceptors (Lipinski definition) is 9. The number of anilines is 6. The fourth-order valence-corrected chi connectivity index (χ4v) is 7.06. The van der Waals surface area contributed by atoms with Crippen LogP contribution in [0.4, 0.5) is 47.7 Å². The zero-order valence-electron chi connectivity index (χ0n) is 25.6. The molecule has 16 heteroatoms. The SMILES string of the molecule is COc1cc(N2CCC(N3CCC(C(F)(F)F)CC3)CC2)c(C)cc1Nc1ncc(Br)c(Nc2cc(Cl)ccc2NS(C)(=O)=O)n1. The van der Waals surface area contributed by atoms with Crippen molar-refractivity contribution in [3.05, 3.63) is 51.6 Å². The van der Waals surface area contributed by atoms with Crippen molar-refractivity contribution in [2.75, 3.05) is 59.8 Å². The molecule has 2 aliphatic rings. The minimum atomic E-state index is -4.10. The van der Waals surface area contributed by atoms with E-state index in [-0.39, 0.29) is 24.8 Å². The van der Waals surface area contributed by atoms with E-state index in [0.717, 1.165) is 43.4 Å². The maximum Gasteiger partial charge on any atom is 0.391 e. The Kier molecular flexibility index (Phi) is 10.4. The number of rotatable bonds is 9. The van der Waals surface area contributed by atoms with Crippen molar-refractivity contribution in [3.8, 4) is 5.75 Å². The highest BCUT2D eigenvalue weighted by Gasteiger charge is 2.42. The van der Waals surface area contributed by atoms with E-state index < -0.39 is 22.1 Å². The van der Waals surface area contributed by atoms with Gasteiger partial charge in [-0.15, -0.1) is 0 Å². The van der Waals surface area contributed by atoms with Gasteiger partial charge in [0, 0.05) is 42.1 Å². The highest BCUT2D eigenvalue weighted by molar-refractivity contribution is 9.10. The summed E-state index contributed by atoms with van der Waals surface area (Å²) in [6.07, 6.45) is 0.645. The number of nitrogens with one attached hydrogen (secondary N) is 3. The van der Waals surface area contributed by atoms with Gasteiger partial charge in [-0.25, -0.2) is 13.4 Å². The molecular weight excluding hydrogens is 711 g/mol. The molecule has 0 atom stereocenters. The first-order chi connectivity index (χ1) is 21.7. The predicted octanol–water partition coefficient (Wildman–Crippen LogP) is 7.31. The number of likely N-dealkylation sites (tertiary alicyclic amines) is 1. The lowest BCUT2D eigenvalue weighted by atomic mass is 9.93. The van der Waals surface area contributed by atoms with Crippen LogP contribution < -0.4 is 25.0 Å². The van der Waals surface area contributed by atoms with Gasteiger partial charge in [0.25, 0.3) is 0 Å². The lowest BCUT2D eigenvalue weighted by Crippen LogP contribution is -2.49. The summed E-state index contributed by atoms with van der Waals surface area (Å²) in [6.45, 7) is 4.60. The van der Waals surface area contributed by atoms with Gasteiger partial charge in [-0.05, 0) is 91.5 Å². The number of methoxy groups -OCH3 is 1. The van der Waals surface area contributed by atoms with E-state index >= 15 is 0 Å². The first-order valence-electron chi connectivity index (χ1n) is 14.8. The summed E-state index contributed by atoms with van der Waals surface area (Å²) in [5.41, 5.74) is 3.40. The van der Waals surface area contributed by atoms with Crippen molar-refractivity contribution in [3.63, 3.8) is 0 Å². The van der Waals surface area contributed by atoms with Crippen molar-refractivity contribution in [2.24, 2.45) is 5.92 Å². The number of sulfonamides is 1. The molecule has 3 heterocycles. The summed E-state index contributed by atoms with van der Waals surface area (Å²) >= 11 is 9.63. The van der Waals surface area contributed by atoms with Gasteiger partial charge in [-0.2, -0.15) is 18.2 Å². The summed E-state index contributed by atoms with van der Waals surface area (Å²) in [6, 6.07) is 8.94. The number of halogens is 5. The number of alkyl halides is 3. The molecular formula is C30H36BrClF3N7O3S. The van der Waals surface area contributed by atoms with Crippen molar-refractivity contribution < 1.29 is 26.3 Å². The standard InChI is InChI=1S/C30H36BrClF3N7O3S/c1-18-14-25(38-29-36-17-22(31)28(39-29)37-24-15-20(32)4-5-23(24)40-46(3,43)44)27(45-2)16-26(18)42-12-8-21(9-13-42)41-10-6-19(7-11-41)30(33,34)35/h4-5,14-17,19,21,40H,6-13H2,1-3H3,(H2,36,37,38,39). The summed E-state index contributed by atoms with van der Waals surface area (Å²) < 4.78 is 71.8. The Morgan fingerprint density at radius 1 is 1.00 bits per heavy atom. The predicted molar refractivity (Wildman–Crippen MR) is 180 cm³/mol. The van der Waals surface area contributed by atoms with Crippen LogP contribution in [-0.2, 0) is 10.0 Å². The minimum absolute atomic E-state index is 0.177. The molecule has 0 amide bonds. The van der Waals surface area contributed by atoms with Crippen LogP contribution in [0.1, 0.15) is 31.2 Å². The van der Waals surface area contributed by atoms with Crippen LogP contribution in [0, 0.1) is 12.8 Å². The Balaban J connectivity index is 1.27. The van der Waals surface area contributed by atoms with Gasteiger partial charge < -0.3 is 25.2 Å². The molecule has 3 N–H and O–H groups in total. The molecule has 2 aromatic carbocycles. The van der Waals surface area contributed by atoms with Crippen LogP contribution in [0.3, 0.4) is 0 Å². The van der Waals surface area contributed by atoms with E-state index in [1.165, 1.54) is 0 Å². The van der Waals surface area contributed by atoms with Crippen LogP contribution in [0.2, 0.25) is 5.02 Å². The third-order valence-corrected chi connectivity index (χ3v) is 9.76. The molecule has 1 aromatic heterocycles. The zero-order valence-corrected chi connectivity index (χ0v) is 28.7. The Bertz CT molecular complexity index is 1670. The highest BCUT2D eigenvalue weighted by Crippen LogP contribution is 2.39. The number of ether oxygens (including phenoxy) is 1. The van der Waals surface area contributed by atoms with Crippen molar-refractivity contribution in [1.82, 2.24) is 14.9 Å². The average Bonchev–Trinajstić information content (AvgIpc) is 2.99.